The van der Waals surface area contributed by atoms with Crippen molar-refractivity contribution in [2.45, 2.75) is 25.6 Å². The van der Waals surface area contributed by atoms with E-state index in [0.717, 1.165) is 11.6 Å². The summed E-state index contributed by atoms with van der Waals surface area (Å²) in [5, 5.41) is 2.95. The van der Waals surface area contributed by atoms with E-state index < -0.39 is 11.7 Å². The van der Waals surface area contributed by atoms with Gasteiger partial charge in [-0.2, -0.15) is 13.2 Å². The van der Waals surface area contributed by atoms with Gasteiger partial charge in [-0.3, -0.25) is 0 Å². The van der Waals surface area contributed by atoms with Gasteiger partial charge in [0, 0.05) is 11.7 Å². The first-order valence-electron chi connectivity index (χ1n) is 6.43. The molecule has 0 aliphatic rings. The molecule has 4 heteroatoms. The fourth-order valence-corrected chi connectivity index (χ4v) is 2.14. The first-order chi connectivity index (χ1) is 9.47. The molecule has 1 nitrogen and oxygen atoms in total. The van der Waals surface area contributed by atoms with Gasteiger partial charge in [-0.25, -0.2) is 0 Å². The van der Waals surface area contributed by atoms with Crippen LogP contribution in [0.1, 0.15) is 18.1 Å². The van der Waals surface area contributed by atoms with Crippen LogP contribution in [-0.4, -0.2) is 6.04 Å². The summed E-state index contributed by atoms with van der Waals surface area (Å²) in [7, 11) is 0. The molecule has 1 atom stereocenters. The van der Waals surface area contributed by atoms with Crippen molar-refractivity contribution < 1.29 is 13.2 Å². The SMILES string of the molecule is CC(Cc1ccccc1)Nc1ccccc1C(F)(F)F. The summed E-state index contributed by atoms with van der Waals surface area (Å²) < 4.78 is 38.7. The van der Waals surface area contributed by atoms with Gasteiger partial charge in [0.25, 0.3) is 0 Å². The molecule has 1 N–H and O–H groups in total. The minimum atomic E-state index is -4.34. The molecule has 0 aromatic heterocycles. The average molecular weight is 279 g/mol. The third kappa shape index (κ3) is 3.76. The number of rotatable bonds is 4. The molecule has 0 amide bonds. The molecule has 0 spiro atoms. The summed E-state index contributed by atoms with van der Waals surface area (Å²) in [5.74, 6) is 0. The molecular formula is C16H16F3N. The molecule has 0 bridgehead atoms. The molecule has 1 unspecified atom stereocenters. The van der Waals surface area contributed by atoms with Crippen molar-refractivity contribution in [3.63, 3.8) is 0 Å². The van der Waals surface area contributed by atoms with E-state index in [0.29, 0.717) is 6.42 Å². The van der Waals surface area contributed by atoms with Crippen LogP contribution in [0.4, 0.5) is 18.9 Å². The number of nitrogens with one attached hydrogen (secondary N) is 1. The molecule has 0 saturated carbocycles. The van der Waals surface area contributed by atoms with Crippen LogP contribution >= 0.6 is 0 Å². The Bertz CT molecular complexity index is 549. The number of hydrogen-bond acceptors (Lipinski definition) is 1. The zero-order chi connectivity index (χ0) is 14.6. The Kier molecular flexibility index (Phi) is 4.32. The number of anilines is 1. The summed E-state index contributed by atoms with van der Waals surface area (Å²) in [6, 6.07) is 15.2. The predicted octanol–water partition coefficient (Wildman–Crippen LogP) is 4.75. The number of para-hydroxylation sites is 1. The summed E-state index contributed by atoms with van der Waals surface area (Å²) in [5.41, 5.74) is 0.598. The maximum absolute atomic E-state index is 12.9. The highest BCUT2D eigenvalue weighted by Crippen LogP contribution is 2.34. The number of halogens is 3. The van der Waals surface area contributed by atoms with E-state index in [1.165, 1.54) is 12.1 Å². The maximum Gasteiger partial charge on any atom is 0.418 e. The maximum atomic E-state index is 12.9. The van der Waals surface area contributed by atoms with E-state index in [2.05, 4.69) is 5.32 Å². The van der Waals surface area contributed by atoms with Gasteiger partial charge in [0.2, 0.25) is 0 Å². The number of alkyl halides is 3. The van der Waals surface area contributed by atoms with Crippen LogP contribution in [-0.2, 0) is 12.6 Å². The van der Waals surface area contributed by atoms with Gasteiger partial charge in [-0.1, -0.05) is 42.5 Å². The lowest BCUT2D eigenvalue weighted by Gasteiger charge is -2.19. The topological polar surface area (TPSA) is 12.0 Å². The highest BCUT2D eigenvalue weighted by molar-refractivity contribution is 5.53. The monoisotopic (exact) mass is 279 g/mol. The van der Waals surface area contributed by atoms with Gasteiger partial charge in [-0.05, 0) is 31.0 Å². The van der Waals surface area contributed by atoms with Crippen molar-refractivity contribution in [3.8, 4) is 0 Å². The molecular weight excluding hydrogens is 263 g/mol. The van der Waals surface area contributed by atoms with Gasteiger partial charge in [0.05, 0.1) is 5.56 Å². The van der Waals surface area contributed by atoms with Gasteiger partial charge < -0.3 is 5.32 Å². The van der Waals surface area contributed by atoms with Gasteiger partial charge >= 0.3 is 6.18 Å². The third-order valence-electron chi connectivity index (χ3n) is 3.02. The largest absolute Gasteiger partial charge is 0.418 e. The highest BCUT2D eigenvalue weighted by atomic mass is 19.4. The van der Waals surface area contributed by atoms with E-state index in [1.54, 1.807) is 6.07 Å². The van der Waals surface area contributed by atoms with Crippen LogP contribution in [0, 0.1) is 0 Å². The van der Waals surface area contributed by atoms with Crippen LogP contribution in [0.3, 0.4) is 0 Å². The molecule has 0 heterocycles. The van der Waals surface area contributed by atoms with Gasteiger partial charge in [0.15, 0.2) is 0 Å². The van der Waals surface area contributed by atoms with Crippen molar-refractivity contribution in [1.82, 2.24) is 0 Å². The van der Waals surface area contributed by atoms with E-state index in [-0.39, 0.29) is 11.7 Å². The molecule has 2 rings (SSSR count). The van der Waals surface area contributed by atoms with E-state index in [9.17, 15) is 13.2 Å². The minimum Gasteiger partial charge on any atom is -0.382 e. The Balaban J connectivity index is 2.10. The molecule has 106 valence electrons. The fraction of sp³-hybridized carbons (Fsp3) is 0.250. The first-order valence-corrected chi connectivity index (χ1v) is 6.43. The van der Waals surface area contributed by atoms with Crippen molar-refractivity contribution in [2.75, 3.05) is 5.32 Å². The normalized spacial score (nSPS) is 13.0. The molecule has 0 aliphatic carbocycles. The van der Waals surface area contributed by atoms with Crippen LogP contribution in [0.5, 0.6) is 0 Å². The summed E-state index contributed by atoms with van der Waals surface area (Å²) >= 11 is 0. The molecule has 2 aromatic rings. The zero-order valence-corrected chi connectivity index (χ0v) is 11.1. The quantitative estimate of drug-likeness (QED) is 0.851. The average Bonchev–Trinajstić information content (AvgIpc) is 2.39. The van der Waals surface area contributed by atoms with Gasteiger partial charge in [-0.15, -0.1) is 0 Å². The van der Waals surface area contributed by atoms with Crippen molar-refractivity contribution in [1.29, 1.82) is 0 Å². The second-order valence-electron chi connectivity index (χ2n) is 4.78. The molecule has 0 aliphatic heterocycles. The smallest absolute Gasteiger partial charge is 0.382 e. The molecule has 0 radical (unpaired) electrons. The highest BCUT2D eigenvalue weighted by Gasteiger charge is 2.33. The second kappa shape index (κ2) is 5.99. The Morgan fingerprint density at radius 2 is 1.55 bits per heavy atom. The Morgan fingerprint density at radius 1 is 0.950 bits per heavy atom. The lowest BCUT2D eigenvalue weighted by Crippen LogP contribution is -2.20. The second-order valence-corrected chi connectivity index (χ2v) is 4.78. The molecule has 0 fully saturated rings. The lowest BCUT2D eigenvalue weighted by molar-refractivity contribution is -0.137. The van der Waals surface area contributed by atoms with E-state index in [1.807, 2.05) is 37.3 Å². The van der Waals surface area contributed by atoms with Crippen LogP contribution in [0.15, 0.2) is 54.6 Å². The Hall–Kier alpha value is -1.97. The molecule has 20 heavy (non-hydrogen) atoms. The third-order valence-corrected chi connectivity index (χ3v) is 3.02. The Labute approximate surface area is 116 Å². The van der Waals surface area contributed by atoms with Crippen LogP contribution in [0.2, 0.25) is 0 Å². The summed E-state index contributed by atoms with van der Waals surface area (Å²) in [4.78, 5) is 0. The number of benzene rings is 2. The standard InChI is InChI=1S/C16H16F3N/c1-12(11-13-7-3-2-4-8-13)20-15-10-6-5-9-14(15)16(17,18)19/h2-10,12,20H,11H2,1H3. The summed E-state index contributed by atoms with van der Waals surface area (Å²) in [6.45, 7) is 1.88. The van der Waals surface area contributed by atoms with Crippen LogP contribution < -0.4 is 5.32 Å². The van der Waals surface area contributed by atoms with Crippen molar-refractivity contribution in [2.24, 2.45) is 0 Å². The molecule has 2 aromatic carbocycles. The fourth-order valence-electron chi connectivity index (χ4n) is 2.14. The van der Waals surface area contributed by atoms with Crippen molar-refractivity contribution >= 4 is 5.69 Å². The Morgan fingerprint density at radius 3 is 2.20 bits per heavy atom. The number of hydrogen-bond donors (Lipinski definition) is 1. The predicted molar refractivity (Wildman–Crippen MR) is 74.7 cm³/mol. The minimum absolute atomic E-state index is 0.0825. The molecule has 0 saturated heterocycles. The zero-order valence-electron chi connectivity index (χ0n) is 11.1. The van der Waals surface area contributed by atoms with Crippen LogP contribution in [0.25, 0.3) is 0 Å². The van der Waals surface area contributed by atoms with Crippen molar-refractivity contribution in [3.05, 3.63) is 65.7 Å². The van der Waals surface area contributed by atoms with E-state index in [4.69, 9.17) is 0 Å². The first kappa shape index (κ1) is 14.4. The van der Waals surface area contributed by atoms with E-state index >= 15 is 0 Å². The summed E-state index contributed by atoms with van der Waals surface area (Å²) in [6.07, 6.45) is -3.66. The van der Waals surface area contributed by atoms with Gasteiger partial charge in [0.1, 0.15) is 0 Å². The lowest BCUT2D eigenvalue weighted by atomic mass is 10.1.